The topological polar surface area (TPSA) is 82.7 Å². The Kier molecular flexibility index (Phi) is 2.56. The summed E-state index contributed by atoms with van der Waals surface area (Å²) < 4.78 is 1.57. The van der Waals surface area contributed by atoms with Crippen molar-refractivity contribution in [2.24, 2.45) is 12.8 Å². The van der Waals surface area contributed by atoms with Gasteiger partial charge in [-0.2, -0.15) is 10.1 Å². The summed E-state index contributed by atoms with van der Waals surface area (Å²) in [5.74, 6) is 1.17. The summed E-state index contributed by atoms with van der Waals surface area (Å²) in [5.41, 5.74) is 11.1. The average Bonchev–Trinajstić information content (AvgIpc) is 2.46. The SMILES string of the molecule is CCC(C)(CN)c1nc(N)n(C)n1. The maximum Gasteiger partial charge on any atom is 0.218 e. The van der Waals surface area contributed by atoms with E-state index in [9.17, 15) is 0 Å². The second kappa shape index (κ2) is 3.33. The van der Waals surface area contributed by atoms with E-state index in [0.717, 1.165) is 12.2 Å². The highest BCUT2D eigenvalue weighted by molar-refractivity contribution is 5.19. The van der Waals surface area contributed by atoms with E-state index in [0.29, 0.717) is 12.5 Å². The zero-order valence-corrected chi connectivity index (χ0v) is 8.41. The predicted molar refractivity (Wildman–Crippen MR) is 52.1 cm³/mol. The lowest BCUT2D eigenvalue weighted by molar-refractivity contribution is 0.436. The summed E-state index contributed by atoms with van der Waals surface area (Å²) in [4.78, 5) is 4.17. The number of hydrogen-bond acceptors (Lipinski definition) is 4. The van der Waals surface area contributed by atoms with E-state index in [1.807, 2.05) is 6.92 Å². The van der Waals surface area contributed by atoms with Crippen LogP contribution in [0.25, 0.3) is 0 Å². The van der Waals surface area contributed by atoms with Gasteiger partial charge in [-0.05, 0) is 6.42 Å². The summed E-state index contributed by atoms with van der Waals surface area (Å²) in [7, 11) is 1.78. The standard InChI is InChI=1S/C8H17N5/c1-4-8(2,5-9)6-11-7(10)13(3)12-6/h4-5,9H2,1-3H3,(H2,10,11,12). The number of rotatable bonds is 3. The Hall–Kier alpha value is -1.10. The summed E-state index contributed by atoms with van der Waals surface area (Å²) in [6, 6.07) is 0. The van der Waals surface area contributed by atoms with E-state index in [-0.39, 0.29) is 5.41 Å². The quantitative estimate of drug-likeness (QED) is 0.692. The van der Waals surface area contributed by atoms with E-state index in [2.05, 4.69) is 17.0 Å². The van der Waals surface area contributed by atoms with Crippen LogP contribution in [0.4, 0.5) is 5.95 Å². The molecule has 0 aliphatic heterocycles. The number of aryl methyl sites for hydroxylation is 1. The van der Waals surface area contributed by atoms with Crippen LogP contribution in [0, 0.1) is 0 Å². The first-order valence-corrected chi connectivity index (χ1v) is 4.40. The van der Waals surface area contributed by atoms with Crippen LogP contribution in [0.1, 0.15) is 26.1 Å². The fourth-order valence-corrected chi connectivity index (χ4v) is 1.05. The number of aromatic nitrogens is 3. The van der Waals surface area contributed by atoms with Gasteiger partial charge in [-0.25, -0.2) is 4.68 Å². The van der Waals surface area contributed by atoms with Crippen molar-refractivity contribution in [1.82, 2.24) is 14.8 Å². The molecule has 0 aromatic carbocycles. The Morgan fingerprint density at radius 3 is 2.46 bits per heavy atom. The molecule has 0 aliphatic carbocycles. The second-order valence-electron chi connectivity index (χ2n) is 3.54. The molecule has 0 fully saturated rings. The fraction of sp³-hybridized carbons (Fsp3) is 0.750. The second-order valence-corrected chi connectivity index (χ2v) is 3.54. The van der Waals surface area contributed by atoms with Crippen LogP contribution in [-0.4, -0.2) is 21.3 Å². The lowest BCUT2D eigenvalue weighted by Gasteiger charge is -2.21. The summed E-state index contributed by atoms with van der Waals surface area (Å²) in [5, 5.41) is 4.22. The van der Waals surface area contributed by atoms with E-state index >= 15 is 0 Å². The highest BCUT2D eigenvalue weighted by Gasteiger charge is 2.27. The molecule has 1 unspecified atom stereocenters. The first-order valence-electron chi connectivity index (χ1n) is 4.40. The molecular formula is C8H17N5. The van der Waals surface area contributed by atoms with Crippen molar-refractivity contribution < 1.29 is 0 Å². The minimum Gasteiger partial charge on any atom is -0.368 e. The van der Waals surface area contributed by atoms with Gasteiger partial charge in [0, 0.05) is 19.0 Å². The third-order valence-corrected chi connectivity index (χ3v) is 2.57. The van der Waals surface area contributed by atoms with Crippen molar-refractivity contribution in [1.29, 1.82) is 0 Å². The molecule has 0 radical (unpaired) electrons. The van der Waals surface area contributed by atoms with Gasteiger partial charge in [0.15, 0.2) is 5.82 Å². The third kappa shape index (κ3) is 1.65. The number of nitrogens with zero attached hydrogens (tertiary/aromatic N) is 3. The van der Waals surface area contributed by atoms with Crippen molar-refractivity contribution in [2.45, 2.75) is 25.7 Å². The van der Waals surface area contributed by atoms with Crippen LogP contribution in [0.15, 0.2) is 0 Å². The van der Waals surface area contributed by atoms with Crippen LogP contribution < -0.4 is 11.5 Å². The van der Waals surface area contributed by atoms with Gasteiger partial charge >= 0.3 is 0 Å². The Morgan fingerprint density at radius 2 is 2.15 bits per heavy atom. The average molecular weight is 183 g/mol. The minimum absolute atomic E-state index is 0.157. The molecule has 5 heteroatoms. The van der Waals surface area contributed by atoms with Crippen molar-refractivity contribution in [3.63, 3.8) is 0 Å². The van der Waals surface area contributed by atoms with E-state index in [1.54, 1.807) is 11.7 Å². The largest absolute Gasteiger partial charge is 0.368 e. The highest BCUT2D eigenvalue weighted by Crippen LogP contribution is 2.23. The molecule has 1 rings (SSSR count). The van der Waals surface area contributed by atoms with Crippen molar-refractivity contribution in [3.8, 4) is 0 Å². The number of nitrogen functional groups attached to an aromatic ring is 1. The first-order chi connectivity index (χ1) is 6.03. The van der Waals surface area contributed by atoms with Crippen LogP contribution in [0.5, 0.6) is 0 Å². The molecule has 0 aliphatic rings. The predicted octanol–water partition coefficient (Wildman–Crippen LogP) is 0.0237. The third-order valence-electron chi connectivity index (χ3n) is 2.57. The van der Waals surface area contributed by atoms with Gasteiger partial charge in [0.25, 0.3) is 0 Å². The van der Waals surface area contributed by atoms with Gasteiger partial charge in [0.1, 0.15) is 0 Å². The maximum atomic E-state index is 5.68. The summed E-state index contributed by atoms with van der Waals surface area (Å²) >= 11 is 0. The zero-order valence-electron chi connectivity index (χ0n) is 8.41. The smallest absolute Gasteiger partial charge is 0.218 e. The molecular weight excluding hydrogens is 166 g/mol. The van der Waals surface area contributed by atoms with Gasteiger partial charge in [-0.15, -0.1) is 0 Å². The fourth-order valence-electron chi connectivity index (χ4n) is 1.05. The van der Waals surface area contributed by atoms with Crippen LogP contribution in [0.3, 0.4) is 0 Å². The van der Waals surface area contributed by atoms with Gasteiger partial charge in [-0.3, -0.25) is 0 Å². The Morgan fingerprint density at radius 1 is 1.54 bits per heavy atom. The van der Waals surface area contributed by atoms with Crippen LogP contribution in [-0.2, 0) is 12.5 Å². The lowest BCUT2D eigenvalue weighted by Crippen LogP contribution is -2.32. The van der Waals surface area contributed by atoms with Crippen LogP contribution in [0.2, 0.25) is 0 Å². The molecule has 1 aromatic heterocycles. The van der Waals surface area contributed by atoms with E-state index < -0.39 is 0 Å². The van der Waals surface area contributed by atoms with Crippen molar-refractivity contribution in [3.05, 3.63) is 5.82 Å². The number of anilines is 1. The molecule has 0 amide bonds. The summed E-state index contributed by atoms with van der Waals surface area (Å²) in [6.07, 6.45) is 0.910. The number of nitrogens with two attached hydrogens (primary N) is 2. The Bertz CT molecular complexity index is 267. The molecule has 1 atom stereocenters. The molecule has 0 spiro atoms. The molecule has 13 heavy (non-hydrogen) atoms. The molecule has 0 bridgehead atoms. The molecule has 4 N–H and O–H groups in total. The highest BCUT2D eigenvalue weighted by atomic mass is 15.4. The van der Waals surface area contributed by atoms with Crippen LogP contribution >= 0.6 is 0 Å². The molecule has 1 heterocycles. The first kappa shape index (κ1) is 9.98. The number of hydrogen-bond donors (Lipinski definition) is 2. The molecule has 74 valence electrons. The lowest BCUT2D eigenvalue weighted by atomic mass is 9.87. The molecule has 1 aromatic rings. The Balaban J connectivity index is 3.05. The van der Waals surface area contributed by atoms with Gasteiger partial charge in [-0.1, -0.05) is 13.8 Å². The van der Waals surface area contributed by atoms with Gasteiger partial charge in [0.05, 0.1) is 0 Å². The normalized spacial score (nSPS) is 15.7. The van der Waals surface area contributed by atoms with Crippen molar-refractivity contribution in [2.75, 3.05) is 12.3 Å². The van der Waals surface area contributed by atoms with Gasteiger partial charge < -0.3 is 11.5 Å². The Labute approximate surface area is 78.1 Å². The maximum absolute atomic E-state index is 5.68. The van der Waals surface area contributed by atoms with Crippen molar-refractivity contribution >= 4 is 5.95 Å². The minimum atomic E-state index is -0.157. The van der Waals surface area contributed by atoms with E-state index in [4.69, 9.17) is 11.5 Å². The molecule has 0 saturated heterocycles. The zero-order chi connectivity index (χ0) is 10.1. The molecule has 0 saturated carbocycles. The summed E-state index contributed by atoms with van der Waals surface area (Å²) in [6.45, 7) is 4.65. The monoisotopic (exact) mass is 183 g/mol. The van der Waals surface area contributed by atoms with E-state index in [1.165, 1.54) is 0 Å². The molecule has 5 nitrogen and oxygen atoms in total. The van der Waals surface area contributed by atoms with Gasteiger partial charge in [0.2, 0.25) is 5.95 Å².